The third-order valence-corrected chi connectivity index (χ3v) is 4.16. The lowest BCUT2D eigenvalue weighted by atomic mass is 9.94. The van der Waals surface area contributed by atoms with Crippen LogP contribution in [-0.4, -0.2) is 6.54 Å². The molecule has 0 aliphatic rings. The second kappa shape index (κ2) is 7.63. The van der Waals surface area contributed by atoms with Gasteiger partial charge in [0.1, 0.15) is 0 Å². The Bertz CT molecular complexity index is 533. The van der Waals surface area contributed by atoms with Gasteiger partial charge in [0.15, 0.2) is 0 Å². The van der Waals surface area contributed by atoms with E-state index in [-0.39, 0.29) is 0 Å². The zero-order chi connectivity index (χ0) is 15.2. The van der Waals surface area contributed by atoms with E-state index in [2.05, 4.69) is 68.6 Å². The third-order valence-electron chi connectivity index (χ3n) is 3.91. The van der Waals surface area contributed by atoms with E-state index < -0.39 is 0 Å². The molecule has 0 amide bonds. The van der Waals surface area contributed by atoms with Crippen molar-refractivity contribution in [3.05, 3.63) is 70.7 Å². The van der Waals surface area contributed by atoms with Crippen molar-refractivity contribution < 1.29 is 0 Å². The minimum atomic E-state index is 0.355. The molecule has 0 heterocycles. The Hall–Kier alpha value is -1.31. The molecule has 0 aliphatic carbocycles. The molecule has 0 aliphatic heterocycles. The van der Waals surface area contributed by atoms with Crippen LogP contribution >= 0.6 is 11.6 Å². The van der Waals surface area contributed by atoms with Gasteiger partial charge in [0.05, 0.1) is 0 Å². The number of nitrogens with one attached hydrogen (secondary N) is 1. The van der Waals surface area contributed by atoms with Crippen LogP contribution in [0.3, 0.4) is 0 Å². The lowest BCUT2D eigenvalue weighted by Crippen LogP contribution is -2.29. The van der Waals surface area contributed by atoms with Gasteiger partial charge >= 0.3 is 0 Å². The van der Waals surface area contributed by atoms with Crippen LogP contribution in [0, 0.1) is 5.92 Å². The first kappa shape index (κ1) is 16.1. The number of rotatable bonds is 6. The molecule has 1 N–H and O–H groups in total. The summed E-state index contributed by atoms with van der Waals surface area (Å²) in [6.07, 6.45) is 0. The standard InChI is InChI=1S/C19H24ClN/c1-14(2)19(17-9-11-18(20)12-10-17)21-13-15(3)16-7-5-4-6-8-16/h4-12,14-15,19,21H,13H2,1-3H3. The maximum atomic E-state index is 5.98. The molecule has 112 valence electrons. The van der Waals surface area contributed by atoms with Crippen LogP contribution in [0.4, 0.5) is 0 Å². The Kier molecular flexibility index (Phi) is 5.84. The molecule has 0 saturated carbocycles. The van der Waals surface area contributed by atoms with Gasteiger partial charge in [-0.25, -0.2) is 0 Å². The van der Waals surface area contributed by atoms with Crippen molar-refractivity contribution in [1.29, 1.82) is 0 Å². The van der Waals surface area contributed by atoms with E-state index in [9.17, 15) is 0 Å². The number of hydrogen-bond donors (Lipinski definition) is 1. The van der Waals surface area contributed by atoms with Crippen LogP contribution in [0.2, 0.25) is 5.02 Å². The molecule has 0 aromatic heterocycles. The maximum Gasteiger partial charge on any atom is 0.0406 e. The van der Waals surface area contributed by atoms with E-state index in [1.165, 1.54) is 11.1 Å². The summed E-state index contributed by atoms with van der Waals surface area (Å²) >= 11 is 5.98. The molecule has 2 aromatic rings. The number of benzene rings is 2. The van der Waals surface area contributed by atoms with Crippen molar-refractivity contribution in [3.63, 3.8) is 0 Å². The van der Waals surface area contributed by atoms with E-state index in [4.69, 9.17) is 11.6 Å². The summed E-state index contributed by atoms with van der Waals surface area (Å²) in [5.74, 6) is 1.04. The second-order valence-corrected chi connectivity index (χ2v) is 6.43. The SMILES string of the molecule is CC(CNC(c1ccc(Cl)cc1)C(C)C)c1ccccc1. The molecule has 0 spiro atoms. The zero-order valence-electron chi connectivity index (χ0n) is 13.0. The lowest BCUT2D eigenvalue weighted by Gasteiger charge is -2.25. The molecule has 1 nitrogen and oxygen atoms in total. The average Bonchev–Trinajstić information content (AvgIpc) is 2.49. The molecular formula is C19H24ClN. The van der Waals surface area contributed by atoms with E-state index in [1.807, 2.05) is 12.1 Å². The fraction of sp³-hybridized carbons (Fsp3) is 0.368. The molecule has 2 unspecified atom stereocenters. The van der Waals surface area contributed by atoms with Gasteiger partial charge < -0.3 is 5.32 Å². The highest BCUT2D eigenvalue weighted by atomic mass is 35.5. The van der Waals surface area contributed by atoms with Gasteiger partial charge in [-0.1, -0.05) is 74.8 Å². The van der Waals surface area contributed by atoms with Gasteiger partial charge in [-0.05, 0) is 35.1 Å². The average molecular weight is 302 g/mol. The zero-order valence-corrected chi connectivity index (χ0v) is 13.8. The molecule has 0 fully saturated rings. The third kappa shape index (κ3) is 4.59. The molecular weight excluding hydrogens is 278 g/mol. The fourth-order valence-corrected chi connectivity index (χ4v) is 2.74. The van der Waals surface area contributed by atoms with Crippen molar-refractivity contribution in [2.24, 2.45) is 5.92 Å². The minimum absolute atomic E-state index is 0.355. The highest BCUT2D eigenvalue weighted by molar-refractivity contribution is 6.30. The summed E-state index contributed by atoms with van der Waals surface area (Å²) in [5, 5.41) is 4.50. The summed E-state index contributed by atoms with van der Waals surface area (Å²) in [6, 6.07) is 19.2. The van der Waals surface area contributed by atoms with Crippen molar-refractivity contribution in [2.75, 3.05) is 6.54 Å². The molecule has 0 radical (unpaired) electrons. The van der Waals surface area contributed by atoms with E-state index in [0.29, 0.717) is 17.9 Å². The summed E-state index contributed by atoms with van der Waals surface area (Å²) in [4.78, 5) is 0. The first-order chi connectivity index (χ1) is 10.1. The minimum Gasteiger partial charge on any atom is -0.309 e. The Balaban J connectivity index is 2.02. The van der Waals surface area contributed by atoms with Gasteiger partial charge in [-0.15, -0.1) is 0 Å². The van der Waals surface area contributed by atoms with E-state index in [0.717, 1.165) is 11.6 Å². The normalized spacial score (nSPS) is 14.1. The number of halogens is 1. The highest BCUT2D eigenvalue weighted by Gasteiger charge is 2.16. The first-order valence-corrected chi connectivity index (χ1v) is 7.99. The first-order valence-electron chi connectivity index (χ1n) is 7.61. The van der Waals surface area contributed by atoms with Crippen LogP contribution in [0.25, 0.3) is 0 Å². The molecule has 21 heavy (non-hydrogen) atoms. The van der Waals surface area contributed by atoms with Crippen molar-refractivity contribution in [1.82, 2.24) is 5.32 Å². The monoisotopic (exact) mass is 301 g/mol. The van der Waals surface area contributed by atoms with Crippen molar-refractivity contribution in [2.45, 2.75) is 32.7 Å². The fourth-order valence-electron chi connectivity index (χ4n) is 2.61. The lowest BCUT2D eigenvalue weighted by molar-refractivity contribution is 0.402. The van der Waals surface area contributed by atoms with Gasteiger partial charge in [0, 0.05) is 17.6 Å². The molecule has 2 aromatic carbocycles. The summed E-state index contributed by atoms with van der Waals surface area (Å²) in [5.41, 5.74) is 2.68. The quantitative estimate of drug-likeness (QED) is 0.750. The van der Waals surface area contributed by atoms with Crippen LogP contribution in [0.1, 0.15) is 43.9 Å². The summed E-state index contributed by atoms with van der Waals surface area (Å²) < 4.78 is 0. The highest BCUT2D eigenvalue weighted by Crippen LogP contribution is 2.24. The van der Waals surface area contributed by atoms with Gasteiger partial charge in [-0.3, -0.25) is 0 Å². The predicted molar refractivity (Wildman–Crippen MR) is 91.9 cm³/mol. The maximum absolute atomic E-state index is 5.98. The molecule has 0 bridgehead atoms. The summed E-state index contributed by atoms with van der Waals surface area (Å²) in [6.45, 7) is 7.73. The Labute approximate surface area is 133 Å². The Morgan fingerprint density at radius 2 is 1.48 bits per heavy atom. The Morgan fingerprint density at radius 1 is 0.857 bits per heavy atom. The van der Waals surface area contributed by atoms with Crippen molar-refractivity contribution in [3.8, 4) is 0 Å². The largest absolute Gasteiger partial charge is 0.309 e. The summed E-state index contributed by atoms with van der Waals surface area (Å²) in [7, 11) is 0. The molecule has 2 heteroatoms. The van der Waals surface area contributed by atoms with Crippen LogP contribution < -0.4 is 5.32 Å². The topological polar surface area (TPSA) is 12.0 Å². The smallest absolute Gasteiger partial charge is 0.0406 e. The molecule has 2 rings (SSSR count). The van der Waals surface area contributed by atoms with Crippen LogP contribution in [-0.2, 0) is 0 Å². The molecule has 0 saturated heterocycles. The van der Waals surface area contributed by atoms with Gasteiger partial charge in [0.2, 0.25) is 0 Å². The van der Waals surface area contributed by atoms with Gasteiger partial charge in [-0.2, -0.15) is 0 Å². The number of hydrogen-bond acceptors (Lipinski definition) is 1. The van der Waals surface area contributed by atoms with E-state index in [1.54, 1.807) is 0 Å². The van der Waals surface area contributed by atoms with Crippen LogP contribution in [0.5, 0.6) is 0 Å². The second-order valence-electron chi connectivity index (χ2n) is 5.99. The molecule has 2 atom stereocenters. The van der Waals surface area contributed by atoms with Crippen molar-refractivity contribution >= 4 is 11.6 Å². The van der Waals surface area contributed by atoms with Crippen LogP contribution in [0.15, 0.2) is 54.6 Å². The predicted octanol–water partition coefficient (Wildman–Crippen LogP) is 5.43. The Morgan fingerprint density at radius 3 is 2.05 bits per heavy atom. The van der Waals surface area contributed by atoms with Gasteiger partial charge in [0.25, 0.3) is 0 Å². The van der Waals surface area contributed by atoms with E-state index >= 15 is 0 Å².